The molecule has 2 aliphatic rings. The van der Waals surface area contributed by atoms with Crippen LogP contribution in [0.1, 0.15) is 70.3 Å². The monoisotopic (exact) mass is 338 g/mol. The number of anilines is 1. The molecule has 136 valence electrons. The van der Waals surface area contributed by atoms with Gasteiger partial charge in [0.25, 0.3) is 0 Å². The molecule has 1 aromatic carbocycles. The van der Waals surface area contributed by atoms with Crippen LogP contribution in [0.2, 0.25) is 0 Å². The normalized spacial score (nSPS) is 29.4. The van der Waals surface area contributed by atoms with E-state index in [0.29, 0.717) is 5.92 Å². The Hall–Kier alpha value is -1.54. The molecular weight excluding hydrogens is 304 g/mol. The quantitative estimate of drug-likeness (QED) is 0.516. The Morgan fingerprint density at radius 1 is 1.04 bits per heavy atom. The zero-order chi connectivity index (χ0) is 17.7. The van der Waals surface area contributed by atoms with Gasteiger partial charge >= 0.3 is 0 Å². The molecule has 2 aliphatic carbocycles. The standard InChI is InChI=1S/C23H34N2/c1-2-3-4-5-18-6-10-21(11-7-18)23(25)16-14-20(15-17-23)19-8-12-22(24)13-9-19/h8-9,12-16,18,21H,2-7,10-11,17,24-25H2,1H3. The van der Waals surface area contributed by atoms with Crippen LogP contribution in [0.3, 0.4) is 0 Å². The summed E-state index contributed by atoms with van der Waals surface area (Å²) in [6.45, 7) is 2.29. The first kappa shape index (κ1) is 18.3. The van der Waals surface area contributed by atoms with Crippen molar-refractivity contribution in [3.63, 3.8) is 0 Å². The average molecular weight is 339 g/mol. The van der Waals surface area contributed by atoms with Gasteiger partial charge in [0.2, 0.25) is 0 Å². The molecule has 2 nitrogen and oxygen atoms in total. The summed E-state index contributed by atoms with van der Waals surface area (Å²) in [4.78, 5) is 0. The first-order chi connectivity index (χ1) is 12.1. The number of nitrogen functional groups attached to an aromatic ring is 1. The highest BCUT2D eigenvalue weighted by atomic mass is 14.8. The van der Waals surface area contributed by atoms with Gasteiger partial charge in [0.1, 0.15) is 0 Å². The molecule has 0 radical (unpaired) electrons. The van der Waals surface area contributed by atoms with Crippen molar-refractivity contribution < 1.29 is 0 Å². The summed E-state index contributed by atoms with van der Waals surface area (Å²) in [6, 6.07) is 8.12. The van der Waals surface area contributed by atoms with Crippen LogP contribution in [0.15, 0.2) is 42.5 Å². The fourth-order valence-corrected chi connectivity index (χ4v) is 4.53. The molecule has 0 aromatic heterocycles. The lowest BCUT2D eigenvalue weighted by atomic mass is 9.68. The smallest absolute Gasteiger partial charge is 0.0406 e. The fourth-order valence-electron chi connectivity index (χ4n) is 4.53. The molecule has 0 spiro atoms. The van der Waals surface area contributed by atoms with Gasteiger partial charge in [-0.15, -0.1) is 0 Å². The summed E-state index contributed by atoms with van der Waals surface area (Å²) in [7, 11) is 0. The van der Waals surface area contributed by atoms with Gasteiger partial charge in [-0.1, -0.05) is 75.8 Å². The first-order valence-electron chi connectivity index (χ1n) is 10.1. The zero-order valence-electron chi connectivity index (χ0n) is 15.7. The van der Waals surface area contributed by atoms with Crippen molar-refractivity contribution >= 4 is 11.3 Å². The van der Waals surface area contributed by atoms with Gasteiger partial charge in [0.05, 0.1) is 0 Å². The molecule has 1 saturated carbocycles. The maximum absolute atomic E-state index is 6.81. The van der Waals surface area contributed by atoms with Crippen LogP contribution >= 0.6 is 0 Å². The second kappa shape index (κ2) is 8.23. The molecule has 3 rings (SSSR count). The van der Waals surface area contributed by atoms with Crippen molar-refractivity contribution in [3.8, 4) is 0 Å². The minimum Gasteiger partial charge on any atom is -0.399 e. The Morgan fingerprint density at radius 3 is 2.36 bits per heavy atom. The predicted molar refractivity (Wildman–Crippen MR) is 109 cm³/mol. The summed E-state index contributed by atoms with van der Waals surface area (Å²) in [5.74, 6) is 1.58. The predicted octanol–water partition coefficient (Wildman–Crippen LogP) is 5.70. The maximum atomic E-state index is 6.81. The minimum absolute atomic E-state index is 0.147. The number of nitrogens with two attached hydrogens (primary N) is 2. The van der Waals surface area contributed by atoms with Crippen LogP contribution in [0.5, 0.6) is 0 Å². The van der Waals surface area contributed by atoms with Crippen LogP contribution in [0.4, 0.5) is 5.69 Å². The van der Waals surface area contributed by atoms with E-state index in [-0.39, 0.29) is 5.54 Å². The molecule has 0 amide bonds. The Bertz CT molecular complexity index is 605. The molecule has 0 heterocycles. The number of hydrogen-bond acceptors (Lipinski definition) is 2. The molecule has 0 saturated heterocycles. The zero-order valence-corrected chi connectivity index (χ0v) is 15.7. The molecular formula is C23H34N2. The van der Waals surface area contributed by atoms with Gasteiger partial charge in [-0.2, -0.15) is 0 Å². The van der Waals surface area contributed by atoms with Crippen LogP contribution in [-0.2, 0) is 0 Å². The number of unbranched alkanes of at least 4 members (excludes halogenated alkanes) is 2. The van der Waals surface area contributed by atoms with Crippen molar-refractivity contribution in [1.82, 2.24) is 0 Å². The lowest BCUT2D eigenvalue weighted by Gasteiger charge is -2.40. The fraction of sp³-hybridized carbons (Fsp3) is 0.565. The van der Waals surface area contributed by atoms with E-state index in [9.17, 15) is 0 Å². The molecule has 25 heavy (non-hydrogen) atoms. The minimum atomic E-state index is -0.147. The third-order valence-electron chi connectivity index (χ3n) is 6.32. The lowest BCUT2D eigenvalue weighted by Crippen LogP contribution is -2.47. The van der Waals surface area contributed by atoms with Gasteiger partial charge in [-0.3, -0.25) is 0 Å². The van der Waals surface area contributed by atoms with Gasteiger partial charge in [-0.05, 0) is 54.4 Å². The molecule has 0 bridgehead atoms. The Kier molecular flexibility index (Phi) is 6.01. The third-order valence-corrected chi connectivity index (χ3v) is 6.32. The number of benzene rings is 1. The average Bonchev–Trinajstić information content (AvgIpc) is 2.64. The second-order valence-electron chi connectivity index (χ2n) is 8.14. The highest BCUT2D eigenvalue weighted by Crippen LogP contribution is 2.40. The molecule has 2 heteroatoms. The summed E-state index contributed by atoms with van der Waals surface area (Å²) < 4.78 is 0. The summed E-state index contributed by atoms with van der Waals surface area (Å²) in [5, 5.41) is 0. The third kappa shape index (κ3) is 4.55. The number of rotatable bonds is 6. The van der Waals surface area contributed by atoms with E-state index in [0.717, 1.165) is 18.0 Å². The van der Waals surface area contributed by atoms with E-state index in [1.54, 1.807) is 0 Å². The van der Waals surface area contributed by atoms with Gasteiger partial charge in [0.15, 0.2) is 0 Å². The molecule has 0 aliphatic heterocycles. The molecule has 1 aromatic rings. The van der Waals surface area contributed by atoms with E-state index in [4.69, 9.17) is 11.5 Å². The largest absolute Gasteiger partial charge is 0.399 e. The van der Waals surface area contributed by atoms with Crippen molar-refractivity contribution in [2.75, 3.05) is 5.73 Å². The van der Waals surface area contributed by atoms with Crippen LogP contribution in [0, 0.1) is 11.8 Å². The number of allylic oxidation sites excluding steroid dienone is 2. The summed E-state index contributed by atoms with van der Waals surface area (Å²) in [5.41, 5.74) is 15.8. The molecule has 4 N–H and O–H groups in total. The second-order valence-corrected chi connectivity index (χ2v) is 8.14. The molecule has 1 fully saturated rings. The van der Waals surface area contributed by atoms with E-state index in [2.05, 4.69) is 37.3 Å². The Balaban J connectivity index is 1.54. The lowest BCUT2D eigenvalue weighted by molar-refractivity contribution is 0.196. The van der Waals surface area contributed by atoms with Crippen LogP contribution < -0.4 is 11.5 Å². The van der Waals surface area contributed by atoms with Gasteiger partial charge in [-0.25, -0.2) is 0 Å². The summed E-state index contributed by atoms with van der Waals surface area (Å²) >= 11 is 0. The van der Waals surface area contributed by atoms with Crippen LogP contribution in [0.25, 0.3) is 5.57 Å². The van der Waals surface area contributed by atoms with Gasteiger partial charge < -0.3 is 11.5 Å². The molecule has 1 unspecified atom stereocenters. The van der Waals surface area contributed by atoms with Crippen LogP contribution in [-0.4, -0.2) is 5.54 Å². The number of hydrogen-bond donors (Lipinski definition) is 2. The van der Waals surface area contributed by atoms with Crippen molar-refractivity contribution in [1.29, 1.82) is 0 Å². The summed E-state index contributed by atoms with van der Waals surface area (Å²) in [6.07, 6.45) is 18.7. The van der Waals surface area contributed by atoms with Crippen molar-refractivity contribution in [2.24, 2.45) is 17.6 Å². The van der Waals surface area contributed by atoms with Gasteiger partial charge in [0, 0.05) is 11.2 Å². The van der Waals surface area contributed by atoms with Crippen molar-refractivity contribution in [2.45, 2.75) is 70.3 Å². The SMILES string of the molecule is CCCCCC1CCC(C2(N)C=CC(c3ccc(N)cc3)=CC2)CC1. The van der Waals surface area contributed by atoms with Crippen molar-refractivity contribution in [3.05, 3.63) is 48.1 Å². The van der Waals surface area contributed by atoms with E-state index in [1.807, 2.05) is 12.1 Å². The Labute approximate surface area is 153 Å². The van der Waals surface area contributed by atoms with E-state index in [1.165, 1.54) is 62.5 Å². The topological polar surface area (TPSA) is 52.0 Å². The highest BCUT2D eigenvalue weighted by Gasteiger charge is 2.35. The Morgan fingerprint density at radius 2 is 1.76 bits per heavy atom. The highest BCUT2D eigenvalue weighted by molar-refractivity contribution is 5.76. The van der Waals surface area contributed by atoms with E-state index >= 15 is 0 Å². The first-order valence-corrected chi connectivity index (χ1v) is 10.1. The maximum Gasteiger partial charge on any atom is 0.0406 e. The molecule has 1 atom stereocenters. The van der Waals surface area contributed by atoms with E-state index < -0.39 is 0 Å².